The van der Waals surface area contributed by atoms with Crippen LogP contribution < -0.4 is 16.0 Å². The highest BCUT2D eigenvalue weighted by molar-refractivity contribution is 6.02. The highest BCUT2D eigenvalue weighted by atomic mass is 16.3. The molecule has 3 rings (SSSR count). The van der Waals surface area contributed by atoms with E-state index in [4.69, 9.17) is 4.42 Å². The lowest BCUT2D eigenvalue weighted by Crippen LogP contribution is -2.15. The lowest BCUT2D eigenvalue weighted by atomic mass is 10.0. The molecule has 1 aliphatic heterocycles. The topological polar surface area (TPSA) is 83.4 Å². The Bertz CT molecular complexity index is 674. The summed E-state index contributed by atoms with van der Waals surface area (Å²) in [6.07, 6.45) is 4.05. The maximum Gasteiger partial charge on any atom is 0.291 e. The molecule has 0 saturated carbocycles. The Kier molecular flexibility index (Phi) is 5.28. The number of furan rings is 1. The molecule has 1 saturated heterocycles. The Morgan fingerprint density at radius 1 is 1.12 bits per heavy atom. The molecule has 2 heterocycles. The molecule has 0 spiro atoms. The van der Waals surface area contributed by atoms with Crippen LogP contribution in [-0.4, -0.2) is 24.9 Å². The highest BCUT2D eigenvalue weighted by Gasteiger charge is 2.15. The summed E-state index contributed by atoms with van der Waals surface area (Å²) >= 11 is 0. The first-order valence-corrected chi connectivity index (χ1v) is 8.16. The second-order valence-electron chi connectivity index (χ2n) is 5.95. The molecule has 1 aliphatic rings. The largest absolute Gasteiger partial charge is 0.459 e. The van der Waals surface area contributed by atoms with E-state index in [1.54, 1.807) is 36.4 Å². The second-order valence-corrected chi connectivity index (χ2v) is 5.95. The molecule has 1 aromatic carbocycles. The lowest BCUT2D eigenvalue weighted by molar-refractivity contribution is -0.116. The van der Waals surface area contributed by atoms with Gasteiger partial charge in [0.25, 0.3) is 5.91 Å². The van der Waals surface area contributed by atoms with Crippen molar-refractivity contribution in [1.29, 1.82) is 0 Å². The molecule has 0 bridgehead atoms. The van der Waals surface area contributed by atoms with Crippen molar-refractivity contribution in [3.63, 3.8) is 0 Å². The van der Waals surface area contributed by atoms with Gasteiger partial charge in [-0.2, -0.15) is 0 Å². The van der Waals surface area contributed by atoms with Crippen molar-refractivity contribution in [2.75, 3.05) is 23.7 Å². The molecule has 1 unspecified atom stereocenters. The summed E-state index contributed by atoms with van der Waals surface area (Å²) in [5.41, 5.74) is 1.37. The Balaban J connectivity index is 1.47. The monoisotopic (exact) mass is 327 g/mol. The van der Waals surface area contributed by atoms with Gasteiger partial charge in [0.15, 0.2) is 5.76 Å². The fraction of sp³-hybridized carbons (Fsp3) is 0.333. The van der Waals surface area contributed by atoms with Crippen molar-refractivity contribution in [1.82, 2.24) is 5.32 Å². The molecule has 0 aliphatic carbocycles. The molecule has 1 atom stereocenters. The van der Waals surface area contributed by atoms with E-state index in [0.29, 0.717) is 18.0 Å². The van der Waals surface area contributed by atoms with E-state index in [9.17, 15) is 9.59 Å². The number of nitrogens with one attached hydrogen (secondary N) is 3. The van der Waals surface area contributed by atoms with E-state index in [0.717, 1.165) is 31.6 Å². The average Bonchev–Trinajstić information content (AvgIpc) is 3.28. The van der Waals surface area contributed by atoms with Crippen LogP contribution in [0.2, 0.25) is 0 Å². The molecule has 6 nitrogen and oxygen atoms in total. The van der Waals surface area contributed by atoms with Gasteiger partial charge in [-0.3, -0.25) is 9.59 Å². The maximum atomic E-state index is 12.0. The predicted molar refractivity (Wildman–Crippen MR) is 91.9 cm³/mol. The number of anilines is 2. The van der Waals surface area contributed by atoms with Crippen LogP contribution in [0.3, 0.4) is 0 Å². The Hall–Kier alpha value is -2.60. The maximum absolute atomic E-state index is 12.0. The number of amides is 2. The van der Waals surface area contributed by atoms with Gasteiger partial charge in [-0.15, -0.1) is 0 Å². The summed E-state index contributed by atoms with van der Waals surface area (Å²) < 4.78 is 5.04. The van der Waals surface area contributed by atoms with Crippen molar-refractivity contribution in [3.05, 3.63) is 48.4 Å². The predicted octanol–water partition coefficient (Wildman–Crippen LogP) is 2.86. The molecule has 0 radical (unpaired) electrons. The molecule has 2 amide bonds. The van der Waals surface area contributed by atoms with Gasteiger partial charge in [0.05, 0.1) is 6.26 Å². The zero-order valence-corrected chi connectivity index (χ0v) is 13.4. The average molecular weight is 327 g/mol. The van der Waals surface area contributed by atoms with Crippen LogP contribution >= 0.6 is 0 Å². The summed E-state index contributed by atoms with van der Waals surface area (Å²) in [6, 6.07) is 10.3. The Morgan fingerprint density at radius 2 is 1.88 bits per heavy atom. The van der Waals surface area contributed by atoms with Gasteiger partial charge in [-0.1, -0.05) is 0 Å². The van der Waals surface area contributed by atoms with E-state index in [2.05, 4.69) is 16.0 Å². The summed E-state index contributed by atoms with van der Waals surface area (Å²) in [7, 11) is 0. The molecule has 126 valence electrons. The first-order chi connectivity index (χ1) is 11.7. The van der Waals surface area contributed by atoms with Crippen LogP contribution in [0.1, 0.15) is 29.8 Å². The van der Waals surface area contributed by atoms with Crippen LogP contribution in [0, 0.1) is 5.92 Å². The number of carbonyl (C=O) groups is 2. The summed E-state index contributed by atoms with van der Waals surface area (Å²) in [4.78, 5) is 23.8. The first-order valence-electron chi connectivity index (χ1n) is 8.16. The zero-order chi connectivity index (χ0) is 16.8. The minimum Gasteiger partial charge on any atom is -0.459 e. The second kappa shape index (κ2) is 7.79. The van der Waals surface area contributed by atoms with Crippen LogP contribution in [0.5, 0.6) is 0 Å². The molecule has 1 fully saturated rings. The third-order valence-corrected chi connectivity index (χ3v) is 4.11. The quantitative estimate of drug-likeness (QED) is 0.762. The fourth-order valence-corrected chi connectivity index (χ4v) is 2.76. The Labute approximate surface area is 140 Å². The summed E-state index contributed by atoms with van der Waals surface area (Å²) in [5, 5.41) is 8.92. The summed E-state index contributed by atoms with van der Waals surface area (Å²) in [5.74, 6) is 0.583. The molecule has 6 heteroatoms. The minimum atomic E-state index is -0.304. The smallest absolute Gasteiger partial charge is 0.291 e. The SMILES string of the molecule is O=C(CCC1CCNC1)Nc1ccc(NC(=O)c2ccco2)cc1. The molecule has 24 heavy (non-hydrogen) atoms. The van der Waals surface area contributed by atoms with Gasteiger partial charge in [0, 0.05) is 17.8 Å². The number of carbonyl (C=O) groups excluding carboxylic acids is 2. The van der Waals surface area contributed by atoms with Crippen molar-refractivity contribution in [3.8, 4) is 0 Å². The van der Waals surface area contributed by atoms with Crippen LogP contribution in [0.15, 0.2) is 47.1 Å². The van der Waals surface area contributed by atoms with Gasteiger partial charge in [-0.05, 0) is 68.2 Å². The van der Waals surface area contributed by atoms with Gasteiger partial charge in [0.2, 0.25) is 5.91 Å². The number of hydrogen-bond acceptors (Lipinski definition) is 4. The minimum absolute atomic E-state index is 0.0225. The van der Waals surface area contributed by atoms with Gasteiger partial charge in [0.1, 0.15) is 0 Å². The Morgan fingerprint density at radius 3 is 2.50 bits per heavy atom. The number of hydrogen-bond donors (Lipinski definition) is 3. The third kappa shape index (κ3) is 4.45. The molecule has 2 aromatic rings. The van der Waals surface area contributed by atoms with Crippen LogP contribution in [-0.2, 0) is 4.79 Å². The van der Waals surface area contributed by atoms with Crippen molar-refractivity contribution in [2.24, 2.45) is 5.92 Å². The molecule has 3 N–H and O–H groups in total. The van der Waals surface area contributed by atoms with Crippen LogP contribution in [0.25, 0.3) is 0 Å². The highest BCUT2D eigenvalue weighted by Crippen LogP contribution is 2.17. The van der Waals surface area contributed by atoms with Crippen molar-refractivity contribution in [2.45, 2.75) is 19.3 Å². The standard InChI is InChI=1S/C18H21N3O3/c22-17(8-3-13-9-10-19-12-13)20-14-4-6-15(7-5-14)21-18(23)16-2-1-11-24-16/h1-2,4-7,11,13,19H,3,8-10,12H2,(H,20,22)(H,21,23). The summed E-state index contributed by atoms with van der Waals surface area (Å²) in [6.45, 7) is 2.06. The molecular weight excluding hydrogens is 306 g/mol. The normalized spacial score (nSPS) is 16.8. The first kappa shape index (κ1) is 16.3. The van der Waals surface area contributed by atoms with E-state index < -0.39 is 0 Å². The number of benzene rings is 1. The van der Waals surface area contributed by atoms with E-state index in [1.807, 2.05) is 0 Å². The number of rotatable bonds is 6. The van der Waals surface area contributed by atoms with Gasteiger partial charge in [-0.25, -0.2) is 0 Å². The van der Waals surface area contributed by atoms with E-state index in [1.165, 1.54) is 6.26 Å². The molecular formula is C18H21N3O3. The van der Waals surface area contributed by atoms with Crippen molar-refractivity contribution < 1.29 is 14.0 Å². The van der Waals surface area contributed by atoms with Gasteiger partial charge < -0.3 is 20.4 Å². The van der Waals surface area contributed by atoms with E-state index in [-0.39, 0.29) is 17.6 Å². The lowest BCUT2D eigenvalue weighted by Gasteiger charge is -2.09. The van der Waals surface area contributed by atoms with Gasteiger partial charge >= 0.3 is 0 Å². The van der Waals surface area contributed by atoms with Crippen molar-refractivity contribution >= 4 is 23.2 Å². The fourth-order valence-electron chi connectivity index (χ4n) is 2.76. The molecule has 1 aromatic heterocycles. The van der Waals surface area contributed by atoms with Crippen LogP contribution in [0.4, 0.5) is 11.4 Å². The zero-order valence-electron chi connectivity index (χ0n) is 13.4. The third-order valence-electron chi connectivity index (χ3n) is 4.11. The van der Waals surface area contributed by atoms with E-state index >= 15 is 0 Å².